The molecule has 0 aliphatic heterocycles. The second kappa shape index (κ2) is 7.57. The van der Waals surface area contributed by atoms with Crippen LogP contribution in [0.25, 0.3) is 0 Å². The van der Waals surface area contributed by atoms with Crippen molar-refractivity contribution in [1.29, 1.82) is 0 Å². The van der Waals surface area contributed by atoms with Gasteiger partial charge in [0.1, 0.15) is 0 Å². The summed E-state index contributed by atoms with van der Waals surface area (Å²) < 4.78 is 0. The van der Waals surface area contributed by atoms with Crippen LogP contribution in [0.1, 0.15) is 52.9 Å². The topological polar surface area (TPSA) is 50.4 Å². The molecule has 3 N–H and O–H groups in total. The molecular weight excluding hydrogens is 210 g/mol. The van der Waals surface area contributed by atoms with Crippen molar-refractivity contribution in [1.82, 2.24) is 5.32 Å². The van der Waals surface area contributed by atoms with Gasteiger partial charge in [-0.25, -0.2) is 0 Å². The lowest BCUT2D eigenvalue weighted by molar-refractivity contribution is 0.289. The van der Waals surface area contributed by atoms with E-state index in [1.807, 2.05) is 0 Å². The van der Waals surface area contributed by atoms with Crippen LogP contribution < -0.4 is 11.1 Å². The van der Waals surface area contributed by atoms with Crippen LogP contribution in [0, 0.1) is 17.8 Å². The van der Waals surface area contributed by atoms with Crippen LogP contribution in [0.15, 0.2) is 4.99 Å². The van der Waals surface area contributed by atoms with E-state index >= 15 is 0 Å². The van der Waals surface area contributed by atoms with Crippen LogP contribution in [-0.2, 0) is 0 Å². The van der Waals surface area contributed by atoms with Crippen LogP contribution in [0.2, 0.25) is 0 Å². The number of guanidine groups is 1. The predicted octanol–water partition coefficient (Wildman–Crippen LogP) is 2.76. The molecule has 1 rings (SSSR count). The van der Waals surface area contributed by atoms with Crippen molar-refractivity contribution in [2.24, 2.45) is 28.5 Å². The Morgan fingerprint density at radius 1 is 1.41 bits per heavy atom. The highest BCUT2D eigenvalue weighted by atomic mass is 15.1. The Morgan fingerprint density at radius 3 is 2.82 bits per heavy atom. The van der Waals surface area contributed by atoms with E-state index in [0.29, 0.717) is 5.96 Å². The normalized spacial score (nSPS) is 26.2. The van der Waals surface area contributed by atoms with Crippen LogP contribution in [0.5, 0.6) is 0 Å². The molecule has 3 nitrogen and oxygen atoms in total. The zero-order valence-corrected chi connectivity index (χ0v) is 11.7. The standard InChI is InChI=1S/C14H29N3/c1-11(2)7-8-16-14(15)17-10-13-6-4-5-12(3)9-13/h11-13H,4-10H2,1-3H3,(H3,15,16,17). The van der Waals surface area contributed by atoms with Gasteiger partial charge in [0.05, 0.1) is 0 Å². The Labute approximate surface area is 106 Å². The molecule has 3 heteroatoms. The Hall–Kier alpha value is -0.730. The molecule has 2 unspecified atom stereocenters. The van der Waals surface area contributed by atoms with E-state index < -0.39 is 0 Å². The summed E-state index contributed by atoms with van der Waals surface area (Å²) in [5.41, 5.74) is 5.85. The second-order valence-corrected chi connectivity index (χ2v) is 5.97. The summed E-state index contributed by atoms with van der Waals surface area (Å²) in [6, 6.07) is 0. The number of rotatable bonds is 5. The van der Waals surface area contributed by atoms with Crippen molar-refractivity contribution >= 4 is 5.96 Å². The van der Waals surface area contributed by atoms with E-state index in [-0.39, 0.29) is 0 Å². The highest BCUT2D eigenvalue weighted by molar-refractivity contribution is 5.77. The van der Waals surface area contributed by atoms with E-state index in [2.05, 4.69) is 31.1 Å². The van der Waals surface area contributed by atoms with E-state index in [0.717, 1.165) is 37.3 Å². The van der Waals surface area contributed by atoms with E-state index in [4.69, 9.17) is 5.73 Å². The molecule has 100 valence electrons. The fourth-order valence-electron chi connectivity index (χ4n) is 2.50. The van der Waals surface area contributed by atoms with E-state index in [1.54, 1.807) is 0 Å². The minimum atomic E-state index is 0.629. The Bertz CT molecular complexity index is 236. The van der Waals surface area contributed by atoms with Gasteiger partial charge in [-0.1, -0.05) is 33.6 Å². The van der Waals surface area contributed by atoms with Gasteiger partial charge >= 0.3 is 0 Å². The minimum Gasteiger partial charge on any atom is -0.370 e. The summed E-state index contributed by atoms with van der Waals surface area (Å²) in [5, 5.41) is 3.19. The third-order valence-corrected chi connectivity index (χ3v) is 3.59. The van der Waals surface area contributed by atoms with E-state index in [9.17, 15) is 0 Å². The average Bonchev–Trinajstić information content (AvgIpc) is 2.26. The minimum absolute atomic E-state index is 0.629. The van der Waals surface area contributed by atoms with Crippen LogP contribution in [0.3, 0.4) is 0 Å². The lowest BCUT2D eigenvalue weighted by Crippen LogP contribution is -2.33. The molecule has 0 aromatic heterocycles. The monoisotopic (exact) mass is 239 g/mol. The zero-order valence-electron chi connectivity index (χ0n) is 11.7. The van der Waals surface area contributed by atoms with Crippen molar-refractivity contribution in [2.45, 2.75) is 52.9 Å². The molecule has 0 radical (unpaired) electrons. The van der Waals surface area contributed by atoms with Crippen molar-refractivity contribution in [3.05, 3.63) is 0 Å². The smallest absolute Gasteiger partial charge is 0.188 e. The molecule has 1 saturated carbocycles. The third-order valence-electron chi connectivity index (χ3n) is 3.59. The quantitative estimate of drug-likeness (QED) is 0.572. The van der Waals surface area contributed by atoms with Gasteiger partial charge in [0.15, 0.2) is 5.96 Å². The highest BCUT2D eigenvalue weighted by Gasteiger charge is 2.18. The van der Waals surface area contributed by atoms with Gasteiger partial charge in [-0.05, 0) is 37.0 Å². The maximum absolute atomic E-state index is 5.85. The predicted molar refractivity (Wildman–Crippen MR) is 75.1 cm³/mol. The number of nitrogens with one attached hydrogen (secondary N) is 1. The molecule has 1 aliphatic carbocycles. The van der Waals surface area contributed by atoms with Crippen molar-refractivity contribution in [3.8, 4) is 0 Å². The van der Waals surface area contributed by atoms with Gasteiger partial charge in [-0.2, -0.15) is 0 Å². The fourth-order valence-corrected chi connectivity index (χ4v) is 2.50. The molecule has 1 fully saturated rings. The van der Waals surface area contributed by atoms with Crippen molar-refractivity contribution in [3.63, 3.8) is 0 Å². The number of hydrogen-bond donors (Lipinski definition) is 2. The summed E-state index contributed by atoms with van der Waals surface area (Å²) in [7, 11) is 0. The second-order valence-electron chi connectivity index (χ2n) is 5.97. The number of aliphatic imine (C=N–C) groups is 1. The maximum Gasteiger partial charge on any atom is 0.188 e. The first kappa shape index (κ1) is 14.3. The van der Waals surface area contributed by atoms with Crippen LogP contribution in [0.4, 0.5) is 0 Å². The number of nitrogens with two attached hydrogens (primary N) is 1. The first-order valence-electron chi connectivity index (χ1n) is 7.11. The lowest BCUT2D eigenvalue weighted by Gasteiger charge is -2.25. The summed E-state index contributed by atoms with van der Waals surface area (Å²) >= 11 is 0. The molecule has 17 heavy (non-hydrogen) atoms. The van der Waals surface area contributed by atoms with Gasteiger partial charge in [-0.3, -0.25) is 4.99 Å². The van der Waals surface area contributed by atoms with E-state index in [1.165, 1.54) is 25.7 Å². The van der Waals surface area contributed by atoms with Gasteiger partial charge in [0, 0.05) is 13.1 Å². The first-order chi connectivity index (χ1) is 8.08. The molecule has 0 aromatic carbocycles. The van der Waals surface area contributed by atoms with Gasteiger partial charge < -0.3 is 11.1 Å². The molecule has 1 aliphatic rings. The molecule has 0 bridgehead atoms. The Balaban J connectivity index is 2.17. The van der Waals surface area contributed by atoms with Crippen molar-refractivity contribution < 1.29 is 0 Å². The zero-order chi connectivity index (χ0) is 12.7. The van der Waals surface area contributed by atoms with Crippen LogP contribution >= 0.6 is 0 Å². The largest absolute Gasteiger partial charge is 0.370 e. The Kier molecular flexibility index (Phi) is 6.38. The molecule has 0 aromatic rings. The maximum atomic E-state index is 5.85. The molecule has 0 saturated heterocycles. The number of nitrogens with zero attached hydrogens (tertiary/aromatic N) is 1. The van der Waals surface area contributed by atoms with Crippen molar-refractivity contribution in [2.75, 3.05) is 13.1 Å². The third kappa shape index (κ3) is 6.54. The summed E-state index contributed by atoms with van der Waals surface area (Å²) in [5.74, 6) is 2.97. The fraction of sp³-hybridized carbons (Fsp3) is 0.929. The Morgan fingerprint density at radius 2 is 2.18 bits per heavy atom. The highest BCUT2D eigenvalue weighted by Crippen LogP contribution is 2.28. The summed E-state index contributed by atoms with van der Waals surface area (Å²) in [6.45, 7) is 8.63. The molecule has 0 heterocycles. The van der Waals surface area contributed by atoms with Gasteiger partial charge in [0.2, 0.25) is 0 Å². The molecular formula is C14H29N3. The molecule has 2 atom stereocenters. The average molecular weight is 239 g/mol. The van der Waals surface area contributed by atoms with Crippen LogP contribution in [-0.4, -0.2) is 19.0 Å². The van der Waals surface area contributed by atoms with Gasteiger partial charge in [-0.15, -0.1) is 0 Å². The lowest BCUT2D eigenvalue weighted by atomic mass is 9.82. The summed E-state index contributed by atoms with van der Waals surface area (Å²) in [4.78, 5) is 4.46. The van der Waals surface area contributed by atoms with Gasteiger partial charge in [0.25, 0.3) is 0 Å². The SMILES string of the molecule is CC(C)CCNC(N)=NCC1CCCC(C)C1. The number of hydrogen-bond acceptors (Lipinski definition) is 1. The molecule has 0 amide bonds. The summed E-state index contributed by atoms with van der Waals surface area (Å²) in [6.07, 6.45) is 6.55. The molecule has 0 spiro atoms. The first-order valence-corrected chi connectivity index (χ1v) is 7.11.